The smallest absolute Gasteiger partial charge is 0.354 e. The second kappa shape index (κ2) is 7.29. The maximum absolute atomic E-state index is 13.1. The molecule has 0 saturated carbocycles. The highest BCUT2D eigenvalue weighted by Gasteiger charge is 2.32. The molecule has 0 fully saturated rings. The van der Waals surface area contributed by atoms with Gasteiger partial charge in [0, 0.05) is 0 Å². The molecule has 2 aromatic rings. The molecule has 2 heterocycles. The molecule has 6 nitrogen and oxygen atoms in total. The Hall–Kier alpha value is -2.67. The Morgan fingerprint density at radius 1 is 1.38 bits per heavy atom. The van der Waals surface area contributed by atoms with Crippen LogP contribution in [-0.2, 0) is 11.2 Å². The second-order valence-electron chi connectivity index (χ2n) is 5.99. The summed E-state index contributed by atoms with van der Waals surface area (Å²) in [6.45, 7) is 2.00. The van der Waals surface area contributed by atoms with Gasteiger partial charge in [0.05, 0.1) is 6.04 Å². The van der Waals surface area contributed by atoms with Crippen molar-refractivity contribution in [1.29, 1.82) is 0 Å². The Morgan fingerprint density at radius 3 is 2.69 bits per heavy atom. The van der Waals surface area contributed by atoms with Crippen LogP contribution in [0.2, 0.25) is 0 Å². The molecule has 1 aliphatic heterocycles. The van der Waals surface area contributed by atoms with Crippen molar-refractivity contribution in [3.8, 4) is 5.88 Å². The first-order valence-electron chi connectivity index (χ1n) is 7.93. The van der Waals surface area contributed by atoms with E-state index in [2.05, 4.69) is 4.98 Å². The van der Waals surface area contributed by atoms with Crippen molar-refractivity contribution in [2.24, 2.45) is 0 Å². The van der Waals surface area contributed by atoms with E-state index in [4.69, 9.17) is 16.3 Å². The number of carbonyl (C=O) groups excluding carboxylic acids is 1. The number of aromatic carboxylic acids is 1. The van der Waals surface area contributed by atoms with Crippen LogP contribution in [0.15, 0.2) is 30.3 Å². The first-order chi connectivity index (χ1) is 12.4. The second-order valence-corrected chi connectivity index (χ2v) is 6.25. The van der Waals surface area contributed by atoms with E-state index in [1.807, 2.05) is 0 Å². The molecular formula is C18H16ClFN2O4. The van der Waals surface area contributed by atoms with Crippen molar-refractivity contribution in [3.63, 3.8) is 0 Å². The average Bonchev–Trinajstić information content (AvgIpc) is 2.62. The number of alkyl halides is 1. The number of carbonyl (C=O) groups is 2. The highest BCUT2D eigenvalue weighted by molar-refractivity contribution is 6.29. The number of nitrogens with zero attached hydrogens (tertiary/aromatic N) is 2. The lowest BCUT2D eigenvalue weighted by atomic mass is 10.0. The van der Waals surface area contributed by atoms with E-state index in [1.165, 1.54) is 17.0 Å². The number of carboxylic acids is 1. The fraction of sp³-hybridized carbons (Fsp3) is 0.278. The first kappa shape index (κ1) is 18.1. The highest BCUT2D eigenvalue weighted by Crippen LogP contribution is 2.35. The predicted molar refractivity (Wildman–Crippen MR) is 93.6 cm³/mol. The molecule has 0 bridgehead atoms. The van der Waals surface area contributed by atoms with Crippen molar-refractivity contribution >= 4 is 29.2 Å². The normalized spacial score (nSPS) is 16.0. The van der Waals surface area contributed by atoms with E-state index in [1.54, 1.807) is 25.1 Å². The van der Waals surface area contributed by atoms with Crippen LogP contribution in [0.1, 0.15) is 28.5 Å². The van der Waals surface area contributed by atoms with Crippen molar-refractivity contribution in [2.75, 3.05) is 17.4 Å². The molecule has 136 valence electrons. The number of carboxylic acid groups (broad SMARTS) is 1. The van der Waals surface area contributed by atoms with Gasteiger partial charge >= 0.3 is 5.97 Å². The standard InChI is InChI=1S/C18H16ClFN2O4/c1-10-9-26-17-14(22(10)15(23)8-19)7-12(16(21-17)18(24)25)6-11-2-4-13(20)5-3-11/h2-5,7,10H,6,8-9H2,1H3,(H,24,25)/t10-/m0/s1. The summed E-state index contributed by atoms with van der Waals surface area (Å²) in [7, 11) is 0. The van der Waals surface area contributed by atoms with E-state index < -0.39 is 5.97 Å². The molecule has 0 spiro atoms. The Labute approximate surface area is 154 Å². The van der Waals surface area contributed by atoms with Crippen LogP contribution in [0.25, 0.3) is 0 Å². The lowest BCUT2D eigenvalue weighted by Crippen LogP contribution is -2.46. The van der Waals surface area contributed by atoms with E-state index in [0.29, 0.717) is 11.3 Å². The largest absolute Gasteiger partial charge is 0.476 e. The van der Waals surface area contributed by atoms with Crippen molar-refractivity contribution in [2.45, 2.75) is 19.4 Å². The number of amides is 1. The number of fused-ring (bicyclic) bond motifs is 1. The fourth-order valence-electron chi connectivity index (χ4n) is 2.90. The topological polar surface area (TPSA) is 79.7 Å². The number of pyridine rings is 1. The van der Waals surface area contributed by atoms with Crippen LogP contribution in [0.5, 0.6) is 5.88 Å². The third-order valence-electron chi connectivity index (χ3n) is 4.10. The zero-order valence-corrected chi connectivity index (χ0v) is 14.7. The average molecular weight is 379 g/mol. The van der Waals surface area contributed by atoms with Crippen LogP contribution in [0.4, 0.5) is 10.1 Å². The third kappa shape index (κ3) is 3.48. The molecule has 0 saturated heterocycles. The van der Waals surface area contributed by atoms with Crippen LogP contribution in [-0.4, -0.2) is 40.5 Å². The Morgan fingerprint density at radius 2 is 2.08 bits per heavy atom. The molecular weight excluding hydrogens is 363 g/mol. The van der Waals surface area contributed by atoms with E-state index >= 15 is 0 Å². The molecule has 1 aromatic heterocycles. The molecule has 1 aromatic carbocycles. The van der Waals surface area contributed by atoms with Gasteiger partial charge in [0.25, 0.3) is 0 Å². The molecule has 0 radical (unpaired) electrons. The minimum absolute atomic E-state index is 0.0850. The van der Waals surface area contributed by atoms with Gasteiger partial charge in [0.1, 0.15) is 24.0 Å². The summed E-state index contributed by atoms with van der Waals surface area (Å²) >= 11 is 5.70. The summed E-state index contributed by atoms with van der Waals surface area (Å²) in [5, 5.41) is 9.48. The van der Waals surface area contributed by atoms with Gasteiger partial charge in [-0.05, 0) is 42.7 Å². The minimum Gasteiger partial charge on any atom is -0.476 e. The maximum Gasteiger partial charge on any atom is 0.354 e. The summed E-state index contributed by atoms with van der Waals surface area (Å²) in [4.78, 5) is 29.4. The van der Waals surface area contributed by atoms with Gasteiger partial charge in [-0.1, -0.05) is 12.1 Å². The molecule has 1 atom stereocenters. The first-order valence-corrected chi connectivity index (χ1v) is 8.46. The number of anilines is 1. The van der Waals surface area contributed by atoms with Crippen molar-refractivity contribution in [3.05, 3.63) is 53.0 Å². The molecule has 0 aliphatic carbocycles. The van der Waals surface area contributed by atoms with E-state index in [0.717, 1.165) is 5.56 Å². The maximum atomic E-state index is 13.1. The van der Waals surface area contributed by atoms with Crippen molar-refractivity contribution in [1.82, 2.24) is 4.98 Å². The molecule has 26 heavy (non-hydrogen) atoms. The van der Waals surface area contributed by atoms with Crippen LogP contribution in [0.3, 0.4) is 0 Å². The van der Waals surface area contributed by atoms with Gasteiger partial charge in [-0.2, -0.15) is 0 Å². The number of hydrogen-bond donors (Lipinski definition) is 1. The molecule has 1 amide bonds. The molecule has 1 N–H and O–H groups in total. The fourth-order valence-corrected chi connectivity index (χ4v) is 3.03. The Kier molecular flexibility index (Phi) is 5.08. The Bertz CT molecular complexity index is 857. The SMILES string of the molecule is C[C@H]1COc2nc(C(=O)O)c(Cc3ccc(F)cc3)cc2N1C(=O)CCl. The summed E-state index contributed by atoms with van der Waals surface area (Å²) in [5.41, 5.74) is 1.33. The lowest BCUT2D eigenvalue weighted by Gasteiger charge is -2.34. The van der Waals surface area contributed by atoms with Crippen molar-refractivity contribution < 1.29 is 23.8 Å². The summed E-state index contributed by atoms with van der Waals surface area (Å²) < 4.78 is 18.6. The van der Waals surface area contributed by atoms with Crippen LogP contribution < -0.4 is 9.64 Å². The van der Waals surface area contributed by atoms with Crippen LogP contribution >= 0.6 is 11.6 Å². The van der Waals surface area contributed by atoms with Gasteiger partial charge < -0.3 is 14.7 Å². The summed E-state index contributed by atoms with van der Waals surface area (Å²) in [6.07, 6.45) is 0.222. The number of ether oxygens (including phenoxy) is 1. The minimum atomic E-state index is -1.21. The number of rotatable bonds is 4. The molecule has 0 unspecified atom stereocenters. The zero-order valence-electron chi connectivity index (χ0n) is 13.9. The van der Waals surface area contributed by atoms with Gasteiger partial charge in [-0.15, -0.1) is 11.6 Å². The van der Waals surface area contributed by atoms with Gasteiger partial charge in [-0.25, -0.2) is 14.2 Å². The lowest BCUT2D eigenvalue weighted by molar-refractivity contribution is -0.117. The molecule has 1 aliphatic rings. The monoisotopic (exact) mass is 378 g/mol. The summed E-state index contributed by atoms with van der Waals surface area (Å²) in [5.74, 6) is -2.03. The van der Waals surface area contributed by atoms with Gasteiger partial charge in [-0.3, -0.25) is 4.79 Å². The number of halogens is 2. The van der Waals surface area contributed by atoms with E-state index in [-0.39, 0.29) is 48.2 Å². The molecule has 8 heteroatoms. The van der Waals surface area contributed by atoms with Gasteiger partial charge in [0.15, 0.2) is 5.69 Å². The highest BCUT2D eigenvalue weighted by atomic mass is 35.5. The van der Waals surface area contributed by atoms with E-state index in [9.17, 15) is 19.1 Å². The summed E-state index contributed by atoms with van der Waals surface area (Å²) in [6, 6.07) is 7.06. The number of benzene rings is 1. The molecule has 3 rings (SSSR count). The zero-order chi connectivity index (χ0) is 18.8. The van der Waals surface area contributed by atoms with Crippen LogP contribution in [0, 0.1) is 5.82 Å². The predicted octanol–water partition coefficient (Wildman–Crippen LogP) is 2.86. The number of hydrogen-bond acceptors (Lipinski definition) is 4. The quantitative estimate of drug-likeness (QED) is 0.827. The van der Waals surface area contributed by atoms with Gasteiger partial charge in [0.2, 0.25) is 11.8 Å². The third-order valence-corrected chi connectivity index (χ3v) is 4.33. The number of aromatic nitrogens is 1. The Balaban J connectivity index is 2.08.